The molecule has 1 aliphatic heterocycles. The van der Waals surface area contributed by atoms with Crippen LogP contribution in [-0.4, -0.2) is 48.8 Å². The van der Waals surface area contributed by atoms with E-state index in [-0.39, 0.29) is 24.9 Å². The highest BCUT2D eigenvalue weighted by Gasteiger charge is 2.26. The van der Waals surface area contributed by atoms with E-state index in [4.69, 9.17) is 10.5 Å². The highest BCUT2D eigenvalue weighted by atomic mass is 35.5. The Labute approximate surface area is 168 Å². The van der Waals surface area contributed by atoms with Gasteiger partial charge in [-0.25, -0.2) is 0 Å². The van der Waals surface area contributed by atoms with Crippen molar-refractivity contribution in [2.24, 2.45) is 5.73 Å². The number of aryl methyl sites for hydroxylation is 1. The number of fused-ring (bicyclic) bond motifs is 1. The number of halogens is 1. The zero-order valence-electron chi connectivity index (χ0n) is 16.1. The minimum Gasteiger partial charge on any atom is -0.491 e. The number of nitrogens with zero attached hydrogens (tertiary/aromatic N) is 1. The molecule has 3 N–H and O–H groups in total. The smallest absolute Gasteiger partial charge is 0.217 e. The summed E-state index contributed by atoms with van der Waals surface area (Å²) in [7, 11) is 0. The summed E-state index contributed by atoms with van der Waals surface area (Å²) in [5.41, 5.74) is 9.37. The second-order valence-electron chi connectivity index (χ2n) is 7.59. The van der Waals surface area contributed by atoms with Gasteiger partial charge in [-0.05, 0) is 87.2 Å². The van der Waals surface area contributed by atoms with Gasteiger partial charge in [0.2, 0.25) is 5.91 Å². The standard InChI is InChI=1S/C21H32N2O3.ClH/c22-20(25)6-3-11-23-12-9-17(10-13-23)19-8-7-16-4-1-2-5-18(16)21(19)26-15-14-24;/h7-8,17,24H,1-6,9-15H2,(H2,22,25);1H. The number of piperidine rings is 1. The summed E-state index contributed by atoms with van der Waals surface area (Å²) < 4.78 is 6.04. The Bertz CT molecular complexity index is 616. The Morgan fingerprint density at radius 1 is 1.22 bits per heavy atom. The monoisotopic (exact) mass is 396 g/mol. The molecule has 2 aliphatic rings. The molecule has 27 heavy (non-hydrogen) atoms. The number of rotatable bonds is 8. The molecule has 0 saturated carbocycles. The number of benzene rings is 1. The number of ether oxygens (including phenoxy) is 1. The molecule has 0 bridgehead atoms. The third-order valence-corrected chi connectivity index (χ3v) is 5.77. The second-order valence-corrected chi connectivity index (χ2v) is 7.59. The predicted molar refractivity (Wildman–Crippen MR) is 110 cm³/mol. The first-order valence-corrected chi connectivity index (χ1v) is 10.1. The molecule has 0 spiro atoms. The molecule has 152 valence electrons. The molecule has 1 aromatic carbocycles. The molecule has 0 aromatic heterocycles. The summed E-state index contributed by atoms with van der Waals surface area (Å²) in [6.45, 7) is 3.49. The SMILES string of the molecule is Cl.NC(=O)CCCN1CCC(c2ccc3c(c2OCCO)CCCC3)CC1. The van der Waals surface area contributed by atoms with Crippen LogP contribution >= 0.6 is 12.4 Å². The van der Waals surface area contributed by atoms with E-state index < -0.39 is 0 Å². The van der Waals surface area contributed by atoms with E-state index in [1.807, 2.05) is 0 Å². The van der Waals surface area contributed by atoms with Crippen molar-refractivity contribution in [3.05, 3.63) is 28.8 Å². The number of primary amides is 1. The van der Waals surface area contributed by atoms with E-state index in [0.29, 0.717) is 18.9 Å². The van der Waals surface area contributed by atoms with Crippen molar-refractivity contribution in [2.45, 2.75) is 57.3 Å². The first-order valence-electron chi connectivity index (χ1n) is 10.1. The van der Waals surface area contributed by atoms with Crippen LogP contribution in [0, 0.1) is 0 Å². The number of aliphatic hydroxyl groups is 1. The van der Waals surface area contributed by atoms with Gasteiger partial charge in [-0.15, -0.1) is 12.4 Å². The Morgan fingerprint density at radius 3 is 2.67 bits per heavy atom. The lowest BCUT2D eigenvalue weighted by Crippen LogP contribution is -2.34. The van der Waals surface area contributed by atoms with E-state index in [9.17, 15) is 9.90 Å². The van der Waals surface area contributed by atoms with Gasteiger partial charge in [-0.3, -0.25) is 4.79 Å². The largest absolute Gasteiger partial charge is 0.491 e. The molecule has 6 heteroatoms. The number of aliphatic hydroxyl groups excluding tert-OH is 1. The van der Waals surface area contributed by atoms with Crippen LogP contribution in [0.25, 0.3) is 0 Å². The molecule has 1 amide bonds. The molecule has 1 heterocycles. The van der Waals surface area contributed by atoms with Gasteiger partial charge < -0.3 is 20.5 Å². The van der Waals surface area contributed by atoms with Crippen LogP contribution in [0.2, 0.25) is 0 Å². The maximum Gasteiger partial charge on any atom is 0.217 e. The van der Waals surface area contributed by atoms with Crippen molar-refractivity contribution in [1.82, 2.24) is 4.90 Å². The minimum absolute atomic E-state index is 0. The lowest BCUT2D eigenvalue weighted by molar-refractivity contribution is -0.118. The fourth-order valence-corrected chi connectivity index (χ4v) is 4.40. The van der Waals surface area contributed by atoms with E-state index in [1.165, 1.54) is 29.5 Å². The van der Waals surface area contributed by atoms with Gasteiger partial charge in [0.15, 0.2) is 0 Å². The van der Waals surface area contributed by atoms with Gasteiger partial charge >= 0.3 is 0 Å². The zero-order valence-corrected chi connectivity index (χ0v) is 16.9. The Balaban J connectivity index is 0.00000261. The van der Waals surface area contributed by atoms with E-state index in [0.717, 1.165) is 57.5 Å². The molecule has 0 unspecified atom stereocenters. The predicted octanol–water partition coefficient (Wildman–Crippen LogP) is 2.80. The molecule has 0 radical (unpaired) electrons. The van der Waals surface area contributed by atoms with Crippen LogP contribution in [0.4, 0.5) is 0 Å². The molecule has 1 aliphatic carbocycles. The van der Waals surface area contributed by atoms with Crippen molar-refractivity contribution in [3.8, 4) is 5.75 Å². The topological polar surface area (TPSA) is 75.8 Å². The van der Waals surface area contributed by atoms with Gasteiger partial charge in [0.1, 0.15) is 12.4 Å². The quantitative estimate of drug-likeness (QED) is 0.708. The normalized spacial score (nSPS) is 17.8. The molecule has 1 fully saturated rings. The van der Waals surface area contributed by atoms with E-state index in [1.54, 1.807) is 0 Å². The molecule has 5 nitrogen and oxygen atoms in total. The van der Waals surface area contributed by atoms with Crippen LogP contribution in [0.1, 0.15) is 61.1 Å². The molecule has 3 rings (SSSR count). The van der Waals surface area contributed by atoms with Gasteiger partial charge in [0.05, 0.1) is 6.61 Å². The van der Waals surface area contributed by atoms with E-state index in [2.05, 4.69) is 17.0 Å². The van der Waals surface area contributed by atoms with Gasteiger partial charge in [-0.2, -0.15) is 0 Å². The van der Waals surface area contributed by atoms with Gasteiger partial charge in [0.25, 0.3) is 0 Å². The molecule has 1 aromatic rings. The van der Waals surface area contributed by atoms with Crippen molar-refractivity contribution in [3.63, 3.8) is 0 Å². The van der Waals surface area contributed by atoms with E-state index >= 15 is 0 Å². The first kappa shape index (κ1) is 22.0. The summed E-state index contributed by atoms with van der Waals surface area (Å²) in [4.78, 5) is 13.3. The number of nitrogens with two attached hydrogens (primary N) is 1. The number of hydrogen-bond donors (Lipinski definition) is 2. The fourth-order valence-electron chi connectivity index (χ4n) is 4.40. The molecule has 1 saturated heterocycles. The van der Waals surface area contributed by atoms with Crippen LogP contribution in [0.5, 0.6) is 5.75 Å². The lowest BCUT2D eigenvalue weighted by Gasteiger charge is -2.34. The summed E-state index contributed by atoms with van der Waals surface area (Å²) in [5, 5.41) is 9.22. The van der Waals surface area contributed by atoms with Crippen molar-refractivity contribution in [2.75, 3.05) is 32.8 Å². The van der Waals surface area contributed by atoms with Gasteiger partial charge in [0, 0.05) is 6.42 Å². The van der Waals surface area contributed by atoms with Gasteiger partial charge in [-0.1, -0.05) is 12.1 Å². The molecular formula is C21H33ClN2O3. The summed E-state index contributed by atoms with van der Waals surface area (Å²) in [5.74, 6) is 1.37. The highest BCUT2D eigenvalue weighted by molar-refractivity contribution is 5.85. The summed E-state index contributed by atoms with van der Waals surface area (Å²) in [6, 6.07) is 4.57. The number of amides is 1. The Hall–Kier alpha value is -1.30. The molecule has 0 atom stereocenters. The minimum atomic E-state index is -0.209. The van der Waals surface area contributed by atoms with Crippen LogP contribution in [0.15, 0.2) is 12.1 Å². The number of carbonyl (C=O) groups excluding carboxylic acids is 1. The maximum atomic E-state index is 10.9. The van der Waals surface area contributed by atoms with Crippen LogP contribution < -0.4 is 10.5 Å². The highest BCUT2D eigenvalue weighted by Crippen LogP contribution is 2.40. The Morgan fingerprint density at radius 2 is 1.96 bits per heavy atom. The zero-order chi connectivity index (χ0) is 18.4. The average molecular weight is 397 g/mol. The van der Waals surface area contributed by atoms with Crippen LogP contribution in [0.3, 0.4) is 0 Å². The fraction of sp³-hybridized carbons (Fsp3) is 0.667. The van der Waals surface area contributed by atoms with Crippen LogP contribution in [-0.2, 0) is 17.6 Å². The summed E-state index contributed by atoms with van der Waals surface area (Å²) >= 11 is 0. The van der Waals surface area contributed by atoms with Crippen molar-refractivity contribution in [1.29, 1.82) is 0 Å². The Kier molecular flexibility index (Phi) is 8.87. The second kappa shape index (κ2) is 10.9. The third kappa shape index (κ3) is 5.84. The van der Waals surface area contributed by atoms with Crippen molar-refractivity contribution >= 4 is 18.3 Å². The third-order valence-electron chi connectivity index (χ3n) is 5.77. The average Bonchev–Trinajstić information content (AvgIpc) is 2.66. The number of likely N-dealkylation sites (tertiary alicyclic amines) is 1. The molecular weight excluding hydrogens is 364 g/mol. The number of hydrogen-bond acceptors (Lipinski definition) is 4. The first-order chi connectivity index (χ1) is 12.7. The summed E-state index contributed by atoms with van der Waals surface area (Å²) in [6.07, 6.45) is 8.28. The van der Waals surface area contributed by atoms with Crippen molar-refractivity contribution < 1.29 is 14.6 Å². The number of carbonyl (C=O) groups is 1. The lowest BCUT2D eigenvalue weighted by atomic mass is 9.83. The maximum absolute atomic E-state index is 10.9.